The molecule has 3 N–H and O–H groups in total. The number of phenolic OH excluding ortho intramolecular Hbond substituents is 1. The lowest BCUT2D eigenvalue weighted by Gasteiger charge is -2.16. The standard InChI is InChI=1S/C20H18N2O6/c1-22(2)16-11-17(23)15(20(27)28-3)10-13(16)7-4-12-5-8-14(9-6-12)21-18(24)19(25)26/h5-6,8-11,23H,1-3H3,(H,21,24)(H,25,26). The molecule has 0 spiro atoms. The number of hydrogen-bond acceptors (Lipinski definition) is 6. The number of nitrogens with one attached hydrogen (secondary N) is 1. The second kappa shape index (κ2) is 8.60. The molecule has 144 valence electrons. The highest BCUT2D eigenvalue weighted by molar-refractivity contribution is 6.36. The van der Waals surface area contributed by atoms with E-state index < -0.39 is 17.8 Å². The van der Waals surface area contributed by atoms with Crippen LogP contribution in [-0.4, -0.2) is 49.3 Å². The van der Waals surface area contributed by atoms with Gasteiger partial charge < -0.3 is 25.2 Å². The van der Waals surface area contributed by atoms with E-state index >= 15 is 0 Å². The molecule has 0 heterocycles. The number of benzene rings is 2. The predicted octanol–water partition coefficient (Wildman–Crippen LogP) is 1.67. The number of carbonyl (C=O) groups excluding carboxylic acids is 2. The van der Waals surface area contributed by atoms with Crippen LogP contribution in [0.3, 0.4) is 0 Å². The van der Waals surface area contributed by atoms with E-state index in [4.69, 9.17) is 5.11 Å². The molecule has 1 amide bonds. The van der Waals surface area contributed by atoms with Crippen LogP contribution in [0.4, 0.5) is 11.4 Å². The Kier molecular flexibility index (Phi) is 6.24. The second-order valence-electron chi connectivity index (χ2n) is 5.86. The molecular weight excluding hydrogens is 364 g/mol. The summed E-state index contributed by atoms with van der Waals surface area (Å²) >= 11 is 0. The molecule has 0 bridgehead atoms. The van der Waals surface area contributed by atoms with Gasteiger partial charge in [0.2, 0.25) is 0 Å². The maximum absolute atomic E-state index is 11.8. The van der Waals surface area contributed by atoms with Crippen molar-refractivity contribution in [2.45, 2.75) is 0 Å². The van der Waals surface area contributed by atoms with Crippen molar-refractivity contribution >= 4 is 29.2 Å². The molecule has 2 rings (SSSR count). The van der Waals surface area contributed by atoms with Gasteiger partial charge in [-0.25, -0.2) is 9.59 Å². The molecule has 0 aromatic heterocycles. The average molecular weight is 382 g/mol. The highest BCUT2D eigenvalue weighted by Gasteiger charge is 2.16. The molecule has 0 radical (unpaired) electrons. The van der Waals surface area contributed by atoms with Crippen molar-refractivity contribution in [3.05, 3.63) is 53.1 Å². The van der Waals surface area contributed by atoms with E-state index in [9.17, 15) is 19.5 Å². The number of rotatable bonds is 3. The molecule has 0 aliphatic rings. The van der Waals surface area contributed by atoms with Gasteiger partial charge in [-0.1, -0.05) is 11.8 Å². The number of aliphatic carboxylic acids is 1. The number of aromatic hydroxyl groups is 1. The summed E-state index contributed by atoms with van der Waals surface area (Å²) in [6, 6.07) is 9.15. The third-order valence-electron chi connectivity index (χ3n) is 3.68. The van der Waals surface area contributed by atoms with Crippen LogP contribution >= 0.6 is 0 Å². The van der Waals surface area contributed by atoms with Gasteiger partial charge in [0, 0.05) is 37.0 Å². The van der Waals surface area contributed by atoms with Crippen molar-refractivity contribution in [3.63, 3.8) is 0 Å². The number of nitrogens with zero attached hydrogens (tertiary/aromatic N) is 1. The number of esters is 1. The van der Waals surface area contributed by atoms with Crippen LogP contribution in [0.2, 0.25) is 0 Å². The van der Waals surface area contributed by atoms with Crippen LogP contribution in [-0.2, 0) is 14.3 Å². The van der Waals surface area contributed by atoms with E-state index in [0.29, 0.717) is 22.5 Å². The number of methoxy groups -OCH3 is 1. The van der Waals surface area contributed by atoms with Gasteiger partial charge >= 0.3 is 17.8 Å². The van der Waals surface area contributed by atoms with Crippen molar-refractivity contribution in [1.29, 1.82) is 0 Å². The molecule has 0 saturated carbocycles. The van der Waals surface area contributed by atoms with Gasteiger partial charge in [-0.3, -0.25) is 4.79 Å². The lowest BCUT2D eigenvalue weighted by atomic mass is 10.1. The van der Waals surface area contributed by atoms with E-state index in [0.717, 1.165) is 0 Å². The summed E-state index contributed by atoms with van der Waals surface area (Å²) in [6.07, 6.45) is 0. The van der Waals surface area contributed by atoms with Crippen LogP contribution in [0.25, 0.3) is 0 Å². The molecule has 8 nitrogen and oxygen atoms in total. The monoisotopic (exact) mass is 382 g/mol. The third-order valence-corrected chi connectivity index (χ3v) is 3.68. The van der Waals surface area contributed by atoms with Gasteiger partial charge in [0.15, 0.2) is 0 Å². The fourth-order valence-electron chi connectivity index (χ4n) is 2.28. The Morgan fingerprint density at radius 3 is 2.25 bits per heavy atom. The minimum Gasteiger partial charge on any atom is -0.507 e. The van der Waals surface area contributed by atoms with E-state index in [1.165, 1.54) is 31.4 Å². The minimum absolute atomic E-state index is 0.00382. The van der Waals surface area contributed by atoms with E-state index in [-0.39, 0.29) is 11.3 Å². The van der Waals surface area contributed by atoms with Gasteiger partial charge in [0.05, 0.1) is 12.8 Å². The Hall–Kier alpha value is -3.99. The average Bonchev–Trinajstić information content (AvgIpc) is 2.67. The number of phenols is 1. The topological polar surface area (TPSA) is 116 Å². The first-order chi connectivity index (χ1) is 13.2. The molecule has 0 fully saturated rings. The third kappa shape index (κ3) is 4.80. The van der Waals surface area contributed by atoms with Crippen molar-refractivity contribution < 1.29 is 29.3 Å². The molecule has 2 aromatic carbocycles. The summed E-state index contributed by atoms with van der Waals surface area (Å²) in [6.45, 7) is 0. The largest absolute Gasteiger partial charge is 0.507 e. The molecule has 0 aliphatic carbocycles. The Morgan fingerprint density at radius 2 is 1.71 bits per heavy atom. The number of ether oxygens (including phenoxy) is 1. The Bertz CT molecular complexity index is 984. The Labute approximate surface area is 161 Å². The first kappa shape index (κ1) is 20.3. The highest BCUT2D eigenvalue weighted by atomic mass is 16.5. The lowest BCUT2D eigenvalue weighted by molar-refractivity contribution is -0.147. The fraction of sp³-hybridized carbons (Fsp3) is 0.150. The zero-order valence-corrected chi connectivity index (χ0v) is 15.4. The van der Waals surface area contributed by atoms with E-state index in [1.54, 1.807) is 31.1 Å². The highest BCUT2D eigenvalue weighted by Crippen LogP contribution is 2.28. The molecular formula is C20H18N2O6. The zero-order chi connectivity index (χ0) is 20.8. The quantitative estimate of drug-likeness (QED) is 0.420. The molecule has 0 atom stereocenters. The smallest absolute Gasteiger partial charge is 0.394 e. The van der Waals surface area contributed by atoms with Gasteiger partial charge in [-0.2, -0.15) is 0 Å². The minimum atomic E-state index is -1.58. The molecule has 8 heteroatoms. The first-order valence-electron chi connectivity index (χ1n) is 8.02. The maximum atomic E-state index is 11.8. The molecule has 2 aromatic rings. The Morgan fingerprint density at radius 1 is 1.07 bits per heavy atom. The predicted molar refractivity (Wildman–Crippen MR) is 102 cm³/mol. The number of carboxylic acid groups (broad SMARTS) is 1. The summed E-state index contributed by atoms with van der Waals surface area (Å²) in [4.78, 5) is 35.2. The first-order valence-corrected chi connectivity index (χ1v) is 8.02. The van der Waals surface area contributed by atoms with Crippen molar-refractivity contribution in [1.82, 2.24) is 0 Å². The molecule has 0 aliphatic heterocycles. The van der Waals surface area contributed by atoms with Gasteiger partial charge in [0.25, 0.3) is 0 Å². The summed E-state index contributed by atoms with van der Waals surface area (Å²) in [5.41, 5.74) is 2.05. The molecule has 0 saturated heterocycles. The maximum Gasteiger partial charge on any atom is 0.394 e. The van der Waals surface area contributed by atoms with E-state index in [1.807, 2.05) is 0 Å². The van der Waals surface area contributed by atoms with Crippen LogP contribution in [0.1, 0.15) is 21.5 Å². The summed E-state index contributed by atoms with van der Waals surface area (Å²) in [7, 11) is 4.77. The summed E-state index contributed by atoms with van der Waals surface area (Å²) in [5, 5.41) is 20.9. The van der Waals surface area contributed by atoms with E-state index in [2.05, 4.69) is 21.9 Å². The van der Waals surface area contributed by atoms with Gasteiger partial charge in [0.1, 0.15) is 11.3 Å². The number of carbonyl (C=O) groups is 3. The number of anilines is 2. The van der Waals surface area contributed by atoms with Crippen LogP contribution in [0, 0.1) is 11.8 Å². The normalized spacial score (nSPS) is 9.68. The lowest BCUT2D eigenvalue weighted by Crippen LogP contribution is -2.21. The second-order valence-corrected chi connectivity index (χ2v) is 5.86. The number of carboxylic acids is 1. The van der Waals surface area contributed by atoms with Crippen LogP contribution < -0.4 is 10.2 Å². The Balaban J connectivity index is 2.35. The molecule has 28 heavy (non-hydrogen) atoms. The summed E-state index contributed by atoms with van der Waals surface area (Å²) < 4.78 is 4.66. The van der Waals surface area contributed by atoms with Crippen molar-refractivity contribution in [2.24, 2.45) is 0 Å². The summed E-state index contributed by atoms with van der Waals surface area (Å²) in [5.74, 6) is 2.28. The molecule has 0 unspecified atom stereocenters. The van der Waals surface area contributed by atoms with Gasteiger partial charge in [-0.15, -0.1) is 0 Å². The van der Waals surface area contributed by atoms with Crippen LogP contribution in [0.5, 0.6) is 5.75 Å². The zero-order valence-electron chi connectivity index (χ0n) is 15.4. The van der Waals surface area contributed by atoms with Gasteiger partial charge in [-0.05, 0) is 30.3 Å². The SMILES string of the molecule is COC(=O)c1cc(C#Cc2ccc(NC(=O)C(=O)O)cc2)c(N(C)C)cc1O. The van der Waals surface area contributed by atoms with Crippen molar-refractivity contribution in [2.75, 3.05) is 31.4 Å². The van der Waals surface area contributed by atoms with Crippen LogP contribution in [0.15, 0.2) is 36.4 Å². The fourth-order valence-corrected chi connectivity index (χ4v) is 2.28. The number of hydrogen-bond donors (Lipinski definition) is 3. The number of amides is 1. The van der Waals surface area contributed by atoms with Crippen molar-refractivity contribution in [3.8, 4) is 17.6 Å².